The van der Waals surface area contributed by atoms with E-state index in [1.807, 2.05) is 18.2 Å². The first-order valence-electron chi connectivity index (χ1n) is 10.8. The van der Waals surface area contributed by atoms with Crippen molar-refractivity contribution < 1.29 is 22.8 Å². The third-order valence-corrected chi connectivity index (χ3v) is 6.06. The summed E-state index contributed by atoms with van der Waals surface area (Å²) in [6.07, 6.45) is -1.90. The molecule has 1 aliphatic heterocycles. The van der Waals surface area contributed by atoms with Crippen molar-refractivity contribution >= 4 is 34.4 Å². The second kappa shape index (κ2) is 9.57. The number of hydrogen-bond acceptors (Lipinski definition) is 3. The fraction of sp³-hybridized carbons (Fsp3) is 0.409. The van der Waals surface area contributed by atoms with E-state index in [-0.39, 0.29) is 24.3 Å². The van der Waals surface area contributed by atoms with Crippen molar-refractivity contribution in [3.63, 3.8) is 0 Å². The monoisotopic (exact) mass is 496 g/mol. The van der Waals surface area contributed by atoms with Gasteiger partial charge in [-0.25, -0.2) is 4.79 Å². The molecular weight excluding hydrogens is 473 g/mol. The van der Waals surface area contributed by atoms with Crippen molar-refractivity contribution in [1.29, 1.82) is 0 Å². The smallest absolute Gasteiger partial charge is 0.357 e. The molecule has 8 nitrogen and oxygen atoms in total. The van der Waals surface area contributed by atoms with Crippen molar-refractivity contribution in [2.45, 2.75) is 38.1 Å². The summed E-state index contributed by atoms with van der Waals surface area (Å²) in [5.41, 5.74) is 1.70. The van der Waals surface area contributed by atoms with Crippen LogP contribution in [-0.4, -0.2) is 68.9 Å². The minimum absolute atomic E-state index is 0.0454. The largest absolute Gasteiger partial charge is 0.408 e. The Morgan fingerprint density at radius 1 is 1.29 bits per heavy atom. The van der Waals surface area contributed by atoms with E-state index < -0.39 is 18.6 Å². The zero-order valence-corrected chi connectivity index (χ0v) is 19.2. The van der Waals surface area contributed by atoms with Gasteiger partial charge in [-0.1, -0.05) is 11.6 Å². The number of aromatic amines is 1. The summed E-state index contributed by atoms with van der Waals surface area (Å²) in [4.78, 5) is 31.8. The number of carbonyl (C=O) groups excluding carboxylic acids is 2. The first-order chi connectivity index (χ1) is 16.1. The highest BCUT2D eigenvalue weighted by atomic mass is 35.5. The Bertz CT molecular complexity index is 1190. The minimum Gasteiger partial charge on any atom is -0.357 e. The third kappa shape index (κ3) is 5.64. The van der Waals surface area contributed by atoms with Crippen LogP contribution in [-0.2, 0) is 13.1 Å². The molecule has 0 spiro atoms. The van der Waals surface area contributed by atoms with Crippen molar-refractivity contribution in [2.75, 3.05) is 20.1 Å². The Labute approximate surface area is 198 Å². The number of likely N-dealkylation sites (N-methyl/N-ethyl adjacent to an activating group) is 1. The van der Waals surface area contributed by atoms with Crippen molar-refractivity contribution in [3.8, 4) is 0 Å². The molecule has 4 rings (SSSR count). The van der Waals surface area contributed by atoms with E-state index in [0.717, 1.165) is 22.8 Å². The van der Waals surface area contributed by atoms with Crippen molar-refractivity contribution in [2.24, 2.45) is 0 Å². The van der Waals surface area contributed by atoms with E-state index in [4.69, 9.17) is 11.6 Å². The van der Waals surface area contributed by atoms with Crippen LogP contribution in [0, 0.1) is 0 Å². The number of hydrogen-bond donors (Lipinski definition) is 2. The van der Waals surface area contributed by atoms with Crippen molar-refractivity contribution in [3.05, 3.63) is 52.9 Å². The maximum Gasteiger partial charge on any atom is 0.408 e. The van der Waals surface area contributed by atoms with E-state index >= 15 is 0 Å². The molecule has 0 unspecified atom stereocenters. The summed E-state index contributed by atoms with van der Waals surface area (Å²) < 4.78 is 38.4. The molecule has 0 bridgehead atoms. The summed E-state index contributed by atoms with van der Waals surface area (Å²) in [5.74, 6) is -0.448. The number of piperidine rings is 1. The van der Waals surface area contributed by atoms with Gasteiger partial charge in [0.05, 0.1) is 12.6 Å². The molecule has 1 fully saturated rings. The van der Waals surface area contributed by atoms with Crippen LogP contribution >= 0.6 is 11.6 Å². The number of aromatic nitrogens is 3. The van der Waals surface area contributed by atoms with E-state index in [2.05, 4.69) is 15.4 Å². The molecule has 34 heavy (non-hydrogen) atoms. The van der Waals surface area contributed by atoms with Gasteiger partial charge in [-0.2, -0.15) is 18.3 Å². The fourth-order valence-electron chi connectivity index (χ4n) is 4.09. The first-order valence-corrected chi connectivity index (χ1v) is 11.1. The zero-order valence-electron chi connectivity index (χ0n) is 18.4. The number of nitrogens with one attached hydrogen (secondary N) is 2. The van der Waals surface area contributed by atoms with Crippen molar-refractivity contribution in [1.82, 2.24) is 29.9 Å². The number of nitrogens with zero attached hydrogens (tertiary/aromatic N) is 4. The van der Waals surface area contributed by atoms with Crippen LogP contribution in [0.1, 0.15) is 29.0 Å². The molecule has 2 N–H and O–H groups in total. The number of fused-ring (bicyclic) bond motifs is 1. The van der Waals surface area contributed by atoms with Gasteiger partial charge in [0.1, 0.15) is 12.2 Å². The van der Waals surface area contributed by atoms with Crippen LogP contribution in [0.5, 0.6) is 0 Å². The maximum absolute atomic E-state index is 12.8. The molecule has 1 saturated heterocycles. The number of halogens is 4. The predicted molar refractivity (Wildman–Crippen MR) is 121 cm³/mol. The van der Waals surface area contributed by atoms with E-state index in [1.165, 1.54) is 11.0 Å². The van der Waals surface area contributed by atoms with Gasteiger partial charge < -0.3 is 20.1 Å². The number of urea groups is 1. The lowest BCUT2D eigenvalue weighted by Gasteiger charge is -2.37. The summed E-state index contributed by atoms with van der Waals surface area (Å²) in [6, 6.07) is 8.18. The summed E-state index contributed by atoms with van der Waals surface area (Å²) in [6.45, 7) is -0.231. The Morgan fingerprint density at radius 2 is 2.09 bits per heavy atom. The first kappa shape index (κ1) is 23.9. The Morgan fingerprint density at radius 3 is 2.85 bits per heavy atom. The molecule has 182 valence electrons. The van der Waals surface area contributed by atoms with Crippen LogP contribution < -0.4 is 5.32 Å². The molecule has 1 atom stereocenters. The summed E-state index contributed by atoms with van der Waals surface area (Å²) in [5, 5.41) is 8.21. The predicted octanol–water partition coefficient (Wildman–Crippen LogP) is 4.03. The number of benzene rings is 1. The lowest BCUT2D eigenvalue weighted by Crippen LogP contribution is -2.52. The number of H-pyrrole nitrogens is 1. The van der Waals surface area contributed by atoms with Gasteiger partial charge in [-0.05, 0) is 43.2 Å². The molecule has 0 aliphatic carbocycles. The molecule has 2 aromatic heterocycles. The number of alkyl halides is 3. The number of likely N-dealkylation sites (tertiary alicyclic amines) is 1. The van der Waals surface area contributed by atoms with Crippen LogP contribution in [0.2, 0.25) is 5.02 Å². The summed E-state index contributed by atoms with van der Waals surface area (Å²) in [7, 11) is 1.66. The topological polar surface area (TPSA) is 86.3 Å². The molecule has 3 aromatic rings. The van der Waals surface area contributed by atoms with E-state index in [1.54, 1.807) is 18.0 Å². The molecule has 3 heterocycles. The highest BCUT2D eigenvalue weighted by molar-refractivity contribution is 6.31. The van der Waals surface area contributed by atoms with E-state index in [9.17, 15) is 22.8 Å². The second-order valence-corrected chi connectivity index (χ2v) is 8.79. The Balaban J connectivity index is 1.33. The maximum atomic E-state index is 12.8. The standard InChI is InChI=1S/C22H24ClF3N6O2/c1-30(21(34)27-11-16-10-14-9-15(23)4-5-18(14)28-16)17-3-2-7-31(12-17)20(33)19-6-8-32(29-19)13-22(24,25)26/h4-6,8-10,17,28H,2-3,7,11-13H2,1H3,(H,27,34)/t17-/m1/s1. The van der Waals surface area contributed by atoms with Gasteiger partial charge in [-0.3, -0.25) is 9.48 Å². The highest BCUT2D eigenvalue weighted by Crippen LogP contribution is 2.21. The highest BCUT2D eigenvalue weighted by Gasteiger charge is 2.31. The fourth-order valence-corrected chi connectivity index (χ4v) is 4.27. The van der Waals surface area contributed by atoms with Crippen LogP contribution in [0.25, 0.3) is 10.9 Å². The van der Waals surface area contributed by atoms with Gasteiger partial charge in [0, 0.05) is 48.0 Å². The number of rotatable bonds is 5. The van der Waals surface area contributed by atoms with Gasteiger partial charge in [-0.15, -0.1) is 0 Å². The van der Waals surface area contributed by atoms with Gasteiger partial charge in [0.15, 0.2) is 0 Å². The lowest BCUT2D eigenvalue weighted by molar-refractivity contribution is -0.142. The normalized spacial score (nSPS) is 16.6. The molecule has 3 amide bonds. The molecule has 0 saturated carbocycles. The third-order valence-electron chi connectivity index (χ3n) is 5.82. The van der Waals surface area contributed by atoms with Crippen LogP contribution in [0.4, 0.5) is 18.0 Å². The molecule has 0 radical (unpaired) electrons. The second-order valence-electron chi connectivity index (χ2n) is 8.36. The van der Waals surface area contributed by atoms with Crippen LogP contribution in [0.3, 0.4) is 0 Å². The molecule has 1 aromatic carbocycles. The SMILES string of the molecule is CN(C(=O)NCc1cc2cc(Cl)ccc2[nH]1)[C@@H]1CCCN(C(=O)c2ccn(CC(F)(F)F)n2)C1. The molecule has 12 heteroatoms. The molecule has 1 aliphatic rings. The van der Waals surface area contributed by atoms with Gasteiger partial charge >= 0.3 is 12.2 Å². The Kier molecular flexibility index (Phi) is 6.74. The summed E-state index contributed by atoms with van der Waals surface area (Å²) >= 11 is 6.01. The number of carbonyl (C=O) groups is 2. The average molecular weight is 497 g/mol. The average Bonchev–Trinajstić information content (AvgIpc) is 3.41. The quantitative estimate of drug-likeness (QED) is 0.559. The van der Waals surface area contributed by atoms with Gasteiger partial charge in [0.2, 0.25) is 0 Å². The molecular formula is C22H24ClF3N6O2. The Hall–Kier alpha value is -3.21. The zero-order chi connectivity index (χ0) is 24.5. The van der Waals surface area contributed by atoms with E-state index in [0.29, 0.717) is 35.6 Å². The minimum atomic E-state index is -4.42. The van der Waals surface area contributed by atoms with Gasteiger partial charge in [0.25, 0.3) is 5.91 Å². The lowest BCUT2D eigenvalue weighted by atomic mass is 10.0. The number of amides is 3. The van der Waals surface area contributed by atoms with Crippen LogP contribution in [0.15, 0.2) is 36.5 Å².